The Labute approximate surface area is 195 Å². The van der Waals surface area contributed by atoms with Crippen LogP contribution in [0.3, 0.4) is 0 Å². The molecule has 1 amide bonds. The number of pyridine rings is 1. The van der Waals surface area contributed by atoms with Crippen molar-refractivity contribution >= 4 is 34.8 Å². The van der Waals surface area contributed by atoms with E-state index in [2.05, 4.69) is 15.0 Å². The maximum absolute atomic E-state index is 12.9. The molecule has 0 aliphatic carbocycles. The van der Waals surface area contributed by atoms with Crippen molar-refractivity contribution in [3.8, 4) is 17.0 Å². The molecule has 0 unspecified atom stereocenters. The molecule has 10 heteroatoms. The van der Waals surface area contributed by atoms with Gasteiger partial charge >= 0.3 is 0 Å². The second-order valence-corrected chi connectivity index (χ2v) is 8.29. The van der Waals surface area contributed by atoms with E-state index in [1.165, 1.54) is 0 Å². The number of H-pyrrole nitrogens is 1. The van der Waals surface area contributed by atoms with Crippen LogP contribution in [0.4, 0.5) is 5.69 Å². The molecule has 1 aliphatic heterocycles. The fourth-order valence-corrected chi connectivity index (χ4v) is 4.18. The largest absolute Gasteiger partial charge is 0.495 e. The van der Waals surface area contributed by atoms with Gasteiger partial charge in [0.2, 0.25) is 5.91 Å². The molecule has 3 aromatic rings. The normalized spacial score (nSPS) is 14.0. The molecule has 2 aromatic heterocycles. The van der Waals surface area contributed by atoms with Gasteiger partial charge < -0.3 is 19.5 Å². The average Bonchev–Trinajstić information content (AvgIpc) is 3.08. The molecule has 1 saturated heterocycles. The van der Waals surface area contributed by atoms with Crippen LogP contribution in [0, 0.1) is 6.92 Å². The number of nitrogens with zero attached hydrogens (tertiary/aromatic N) is 4. The number of hydrogen-bond donors (Lipinski definition) is 1. The highest BCUT2D eigenvalue weighted by atomic mass is 35.5. The third-order valence-corrected chi connectivity index (χ3v) is 6.39. The van der Waals surface area contributed by atoms with E-state index < -0.39 is 0 Å². The molecule has 8 nitrogen and oxygen atoms in total. The van der Waals surface area contributed by atoms with Gasteiger partial charge in [0, 0.05) is 44.1 Å². The topological polar surface area (TPSA) is 83.5 Å². The molecule has 32 heavy (non-hydrogen) atoms. The van der Waals surface area contributed by atoms with Crippen molar-refractivity contribution in [1.82, 2.24) is 19.7 Å². The number of aromatic nitrogens is 3. The van der Waals surface area contributed by atoms with E-state index in [0.717, 1.165) is 5.69 Å². The number of hydrogen-bond acceptors (Lipinski definition) is 5. The van der Waals surface area contributed by atoms with Crippen LogP contribution in [0.1, 0.15) is 5.69 Å². The number of methoxy groups -OCH3 is 1. The van der Waals surface area contributed by atoms with E-state index in [4.69, 9.17) is 27.9 Å². The molecule has 0 bridgehead atoms. The number of benzene rings is 1. The van der Waals surface area contributed by atoms with Gasteiger partial charge in [0.1, 0.15) is 18.0 Å². The molecule has 3 heterocycles. The molecule has 0 radical (unpaired) electrons. The molecule has 1 aromatic carbocycles. The minimum absolute atomic E-state index is 0.0471. The van der Waals surface area contributed by atoms with E-state index in [0.29, 0.717) is 58.9 Å². The number of piperazine rings is 1. The lowest BCUT2D eigenvalue weighted by Gasteiger charge is -2.36. The highest BCUT2D eigenvalue weighted by Crippen LogP contribution is 2.30. The summed E-state index contributed by atoms with van der Waals surface area (Å²) < 4.78 is 6.86. The maximum Gasteiger partial charge on any atom is 0.257 e. The first-order valence-corrected chi connectivity index (χ1v) is 10.9. The van der Waals surface area contributed by atoms with E-state index in [-0.39, 0.29) is 18.0 Å². The van der Waals surface area contributed by atoms with Crippen LogP contribution in [-0.2, 0) is 11.3 Å². The van der Waals surface area contributed by atoms with Gasteiger partial charge in [0.15, 0.2) is 0 Å². The Morgan fingerprint density at radius 3 is 2.62 bits per heavy atom. The number of halogens is 2. The highest BCUT2D eigenvalue weighted by Gasteiger charge is 2.24. The third-order valence-electron chi connectivity index (χ3n) is 5.62. The van der Waals surface area contributed by atoms with Gasteiger partial charge in [-0.25, -0.2) is 0 Å². The van der Waals surface area contributed by atoms with Crippen molar-refractivity contribution in [1.29, 1.82) is 0 Å². The Hall–Kier alpha value is -2.97. The first-order valence-electron chi connectivity index (χ1n) is 10.2. The predicted molar refractivity (Wildman–Crippen MR) is 125 cm³/mol. The molecule has 1 N–H and O–H groups in total. The van der Waals surface area contributed by atoms with Gasteiger partial charge in [0.05, 0.1) is 28.4 Å². The number of rotatable bonds is 5. The fourth-order valence-electron chi connectivity index (χ4n) is 3.75. The standard InChI is InChI=1S/C22H23Cl2N5O3/c1-14-20(24)21(16-4-3-7-25-22(16)31)26-29(14)13-19(30)28-10-8-27(9-11-28)15-5-6-17(23)18(12-15)32-2/h3-7,12H,8-11,13H2,1-2H3,(H,25,31). The molecule has 0 atom stereocenters. The summed E-state index contributed by atoms with van der Waals surface area (Å²) >= 11 is 12.5. The molecular weight excluding hydrogens is 453 g/mol. The summed E-state index contributed by atoms with van der Waals surface area (Å²) in [5, 5.41) is 5.38. The Morgan fingerprint density at radius 1 is 1.19 bits per heavy atom. The highest BCUT2D eigenvalue weighted by molar-refractivity contribution is 6.33. The molecule has 0 saturated carbocycles. The van der Waals surface area contributed by atoms with Crippen LogP contribution in [0.25, 0.3) is 11.3 Å². The SMILES string of the molecule is COc1cc(N2CCN(C(=O)Cn3nc(-c4ccc[nH]c4=O)c(Cl)c3C)CC2)ccc1Cl. The first kappa shape index (κ1) is 22.2. The minimum Gasteiger partial charge on any atom is -0.495 e. The zero-order valence-electron chi connectivity index (χ0n) is 17.8. The van der Waals surface area contributed by atoms with E-state index in [9.17, 15) is 9.59 Å². The summed E-state index contributed by atoms with van der Waals surface area (Å²) in [5.74, 6) is 0.580. The molecule has 168 valence electrons. The molecule has 0 spiro atoms. The molecule has 4 rings (SSSR count). The van der Waals surface area contributed by atoms with Crippen molar-refractivity contribution in [3.05, 3.63) is 62.6 Å². The lowest BCUT2D eigenvalue weighted by molar-refractivity contribution is -0.132. The number of carbonyl (C=O) groups excluding carboxylic acids is 1. The van der Waals surface area contributed by atoms with Crippen molar-refractivity contribution < 1.29 is 9.53 Å². The van der Waals surface area contributed by atoms with Gasteiger partial charge in [-0.1, -0.05) is 23.2 Å². The summed E-state index contributed by atoms with van der Waals surface area (Å²) in [4.78, 5) is 31.7. The fraction of sp³-hybridized carbons (Fsp3) is 0.318. The van der Waals surface area contributed by atoms with Crippen LogP contribution in [-0.4, -0.2) is 58.9 Å². The second-order valence-electron chi connectivity index (χ2n) is 7.51. The first-order chi connectivity index (χ1) is 15.4. The van der Waals surface area contributed by atoms with Crippen molar-refractivity contribution in [2.45, 2.75) is 13.5 Å². The van der Waals surface area contributed by atoms with Crippen LogP contribution in [0.5, 0.6) is 5.75 Å². The smallest absolute Gasteiger partial charge is 0.257 e. The zero-order valence-corrected chi connectivity index (χ0v) is 19.3. The number of anilines is 1. The van der Waals surface area contributed by atoms with Gasteiger partial charge in [-0.3, -0.25) is 14.3 Å². The maximum atomic E-state index is 12.9. The van der Waals surface area contributed by atoms with Crippen molar-refractivity contribution in [2.24, 2.45) is 0 Å². The number of ether oxygens (including phenoxy) is 1. The van der Waals surface area contributed by atoms with Crippen LogP contribution < -0.4 is 15.2 Å². The lowest BCUT2D eigenvalue weighted by atomic mass is 10.2. The summed E-state index contributed by atoms with van der Waals surface area (Å²) in [6.45, 7) is 4.41. The summed E-state index contributed by atoms with van der Waals surface area (Å²) in [7, 11) is 1.59. The Kier molecular flexibility index (Phi) is 6.43. The Balaban J connectivity index is 1.43. The molecular formula is C22H23Cl2N5O3. The van der Waals surface area contributed by atoms with E-state index in [1.807, 2.05) is 23.1 Å². The van der Waals surface area contributed by atoms with Gasteiger partial charge in [-0.05, 0) is 31.2 Å². The molecule has 1 aliphatic rings. The number of aromatic amines is 1. The summed E-state index contributed by atoms with van der Waals surface area (Å²) in [5.41, 5.74) is 2.12. The average molecular weight is 476 g/mol. The summed E-state index contributed by atoms with van der Waals surface area (Å²) in [6, 6.07) is 9.03. The third kappa shape index (κ3) is 4.33. The minimum atomic E-state index is -0.277. The van der Waals surface area contributed by atoms with Crippen molar-refractivity contribution in [3.63, 3.8) is 0 Å². The Bertz CT molecular complexity index is 1200. The van der Waals surface area contributed by atoms with E-state index in [1.54, 1.807) is 37.0 Å². The quantitative estimate of drug-likeness (QED) is 0.612. The van der Waals surface area contributed by atoms with Crippen LogP contribution in [0.2, 0.25) is 10.0 Å². The van der Waals surface area contributed by atoms with Crippen molar-refractivity contribution in [2.75, 3.05) is 38.2 Å². The second kappa shape index (κ2) is 9.26. The van der Waals surface area contributed by atoms with Gasteiger partial charge in [0.25, 0.3) is 5.56 Å². The van der Waals surface area contributed by atoms with Crippen LogP contribution in [0.15, 0.2) is 41.3 Å². The monoisotopic (exact) mass is 475 g/mol. The predicted octanol–water partition coefficient (Wildman–Crippen LogP) is 3.21. The Morgan fingerprint density at radius 2 is 1.94 bits per heavy atom. The summed E-state index contributed by atoms with van der Waals surface area (Å²) in [6.07, 6.45) is 1.55. The van der Waals surface area contributed by atoms with Gasteiger partial charge in [-0.2, -0.15) is 5.10 Å². The zero-order chi connectivity index (χ0) is 22.8. The number of carbonyl (C=O) groups is 1. The number of amides is 1. The number of nitrogens with one attached hydrogen (secondary N) is 1. The lowest BCUT2D eigenvalue weighted by Crippen LogP contribution is -2.49. The van der Waals surface area contributed by atoms with Crippen LogP contribution >= 0.6 is 23.2 Å². The molecule has 1 fully saturated rings. The van der Waals surface area contributed by atoms with Gasteiger partial charge in [-0.15, -0.1) is 0 Å². The van der Waals surface area contributed by atoms with E-state index >= 15 is 0 Å².